The van der Waals surface area contributed by atoms with E-state index in [1.165, 1.54) is 11.1 Å². The Balaban J connectivity index is 1.96. The third-order valence-electron chi connectivity index (χ3n) is 4.88. The maximum atomic E-state index is 9.50. The van der Waals surface area contributed by atoms with Gasteiger partial charge in [0.2, 0.25) is 0 Å². The Morgan fingerprint density at radius 2 is 1.68 bits per heavy atom. The Bertz CT molecular complexity index is 522. The first kappa shape index (κ1) is 12.7. The number of nitriles is 1. The molecule has 0 aromatic heterocycles. The molecule has 2 fully saturated rings. The molecule has 2 nitrogen and oxygen atoms in total. The molecule has 0 amide bonds. The molecule has 1 saturated carbocycles. The highest BCUT2D eigenvalue weighted by Gasteiger charge is 2.64. The van der Waals surface area contributed by atoms with Crippen LogP contribution in [0.5, 0.6) is 0 Å². The van der Waals surface area contributed by atoms with E-state index in [2.05, 4.69) is 51.1 Å². The summed E-state index contributed by atoms with van der Waals surface area (Å²) in [7, 11) is 0. The summed E-state index contributed by atoms with van der Waals surface area (Å²) in [6.07, 6.45) is 2.04. The summed E-state index contributed by atoms with van der Waals surface area (Å²) in [5.41, 5.74) is 2.60. The van der Waals surface area contributed by atoms with Gasteiger partial charge in [-0.05, 0) is 29.4 Å². The van der Waals surface area contributed by atoms with Gasteiger partial charge in [0.1, 0.15) is 0 Å². The average Bonchev–Trinajstić information content (AvgIpc) is 3.08. The van der Waals surface area contributed by atoms with Crippen molar-refractivity contribution in [1.29, 1.82) is 5.26 Å². The van der Waals surface area contributed by atoms with Crippen LogP contribution in [0.25, 0.3) is 0 Å². The number of hydrogen-bond acceptors (Lipinski definition) is 2. The van der Waals surface area contributed by atoms with Crippen molar-refractivity contribution in [2.75, 3.05) is 13.2 Å². The molecule has 2 heteroatoms. The van der Waals surface area contributed by atoms with Crippen LogP contribution < -0.4 is 0 Å². The summed E-state index contributed by atoms with van der Waals surface area (Å²) in [4.78, 5) is 0. The molecule has 0 atom stereocenters. The summed E-state index contributed by atoms with van der Waals surface area (Å²) < 4.78 is 5.47. The summed E-state index contributed by atoms with van der Waals surface area (Å²) in [5, 5.41) is 9.50. The van der Waals surface area contributed by atoms with Gasteiger partial charge in [0, 0.05) is 0 Å². The molecular formula is C17H21NO. The second-order valence-corrected chi connectivity index (χ2v) is 7.10. The Kier molecular flexibility index (Phi) is 2.56. The van der Waals surface area contributed by atoms with Crippen molar-refractivity contribution in [2.24, 2.45) is 5.41 Å². The fourth-order valence-corrected chi connectivity index (χ4v) is 3.14. The van der Waals surface area contributed by atoms with Gasteiger partial charge in [-0.2, -0.15) is 5.26 Å². The Labute approximate surface area is 115 Å². The van der Waals surface area contributed by atoms with E-state index in [0.29, 0.717) is 13.2 Å². The molecule has 1 heterocycles. The molecule has 3 rings (SSSR count). The van der Waals surface area contributed by atoms with Crippen LogP contribution in [0, 0.1) is 16.7 Å². The van der Waals surface area contributed by atoms with E-state index in [9.17, 15) is 5.26 Å². The van der Waals surface area contributed by atoms with E-state index in [4.69, 9.17) is 4.74 Å². The Hall–Kier alpha value is -1.33. The zero-order chi connectivity index (χ0) is 13.7. The summed E-state index contributed by atoms with van der Waals surface area (Å²) in [6, 6.07) is 11.4. The molecule has 1 aliphatic carbocycles. The quantitative estimate of drug-likeness (QED) is 0.809. The molecular weight excluding hydrogens is 234 g/mol. The largest absolute Gasteiger partial charge is 0.379 e. The first-order chi connectivity index (χ1) is 8.94. The van der Waals surface area contributed by atoms with Crippen molar-refractivity contribution in [3.63, 3.8) is 0 Å². The van der Waals surface area contributed by atoms with Gasteiger partial charge in [-0.3, -0.25) is 0 Å². The van der Waals surface area contributed by atoms with Crippen molar-refractivity contribution in [3.05, 3.63) is 35.4 Å². The monoisotopic (exact) mass is 255 g/mol. The average molecular weight is 255 g/mol. The van der Waals surface area contributed by atoms with Crippen LogP contribution in [0.2, 0.25) is 0 Å². The number of ether oxygens (including phenoxy) is 1. The topological polar surface area (TPSA) is 33.0 Å². The zero-order valence-corrected chi connectivity index (χ0v) is 12.0. The predicted octanol–water partition coefficient (Wildman–Crippen LogP) is 3.56. The van der Waals surface area contributed by atoms with Crippen LogP contribution in [0.3, 0.4) is 0 Å². The van der Waals surface area contributed by atoms with Crippen LogP contribution in [0.1, 0.15) is 44.7 Å². The molecule has 0 unspecified atom stereocenters. The number of rotatable bonds is 2. The lowest BCUT2D eigenvalue weighted by molar-refractivity contribution is -0.0867. The second kappa shape index (κ2) is 3.84. The molecule has 2 aliphatic rings. The van der Waals surface area contributed by atoms with E-state index < -0.39 is 0 Å². The van der Waals surface area contributed by atoms with Gasteiger partial charge in [-0.25, -0.2) is 0 Å². The fourth-order valence-electron chi connectivity index (χ4n) is 3.14. The van der Waals surface area contributed by atoms with Gasteiger partial charge >= 0.3 is 0 Å². The summed E-state index contributed by atoms with van der Waals surface area (Å²) >= 11 is 0. The third kappa shape index (κ3) is 1.72. The molecule has 19 heavy (non-hydrogen) atoms. The van der Waals surface area contributed by atoms with Crippen LogP contribution in [-0.2, 0) is 15.6 Å². The number of benzene rings is 1. The van der Waals surface area contributed by atoms with E-state index in [-0.39, 0.29) is 16.2 Å². The lowest BCUT2D eigenvalue weighted by Gasteiger charge is -2.45. The number of nitrogens with zero attached hydrogens (tertiary/aromatic N) is 1. The van der Waals surface area contributed by atoms with Gasteiger partial charge in [0.05, 0.1) is 30.1 Å². The minimum Gasteiger partial charge on any atom is -0.379 e. The fraction of sp³-hybridized carbons (Fsp3) is 0.588. The molecule has 1 saturated heterocycles. The van der Waals surface area contributed by atoms with Crippen LogP contribution in [0.4, 0.5) is 0 Å². The highest BCUT2D eigenvalue weighted by Crippen LogP contribution is 2.62. The first-order valence-corrected chi connectivity index (χ1v) is 7.04. The molecule has 1 aliphatic heterocycles. The van der Waals surface area contributed by atoms with Crippen molar-refractivity contribution < 1.29 is 4.74 Å². The molecule has 100 valence electrons. The van der Waals surface area contributed by atoms with Crippen LogP contribution >= 0.6 is 0 Å². The first-order valence-electron chi connectivity index (χ1n) is 7.04. The van der Waals surface area contributed by atoms with Crippen molar-refractivity contribution in [3.8, 4) is 6.07 Å². The smallest absolute Gasteiger partial charge is 0.0716 e. The Morgan fingerprint density at radius 3 is 2.00 bits per heavy atom. The van der Waals surface area contributed by atoms with Crippen molar-refractivity contribution in [1.82, 2.24) is 0 Å². The van der Waals surface area contributed by atoms with Gasteiger partial charge in [-0.1, -0.05) is 45.0 Å². The second-order valence-electron chi connectivity index (χ2n) is 7.10. The van der Waals surface area contributed by atoms with E-state index in [1.807, 2.05) is 0 Å². The lowest BCUT2D eigenvalue weighted by Crippen LogP contribution is -2.53. The van der Waals surface area contributed by atoms with Crippen LogP contribution in [0.15, 0.2) is 24.3 Å². The maximum absolute atomic E-state index is 9.50. The third-order valence-corrected chi connectivity index (χ3v) is 4.88. The van der Waals surface area contributed by atoms with Gasteiger partial charge < -0.3 is 4.74 Å². The van der Waals surface area contributed by atoms with Gasteiger partial charge in [0.15, 0.2) is 0 Å². The standard InChI is InChI=1S/C17H21NO/c1-15(2,3)13-4-6-14(7-5-13)17(11-19-12-17)16(10-18)8-9-16/h4-7H,8-9,11-12H2,1-3H3. The zero-order valence-electron chi connectivity index (χ0n) is 12.0. The minimum atomic E-state index is -0.158. The molecule has 1 aromatic carbocycles. The van der Waals surface area contributed by atoms with Gasteiger partial charge in [0.25, 0.3) is 0 Å². The highest BCUT2D eigenvalue weighted by molar-refractivity contribution is 5.41. The van der Waals surface area contributed by atoms with E-state index in [1.54, 1.807) is 0 Å². The predicted molar refractivity (Wildman–Crippen MR) is 74.9 cm³/mol. The maximum Gasteiger partial charge on any atom is 0.0716 e. The summed E-state index contributed by atoms with van der Waals surface area (Å²) in [5.74, 6) is 0. The Morgan fingerprint density at radius 1 is 1.11 bits per heavy atom. The normalized spacial score (nSPS) is 23.3. The minimum absolute atomic E-state index is 0.0435. The van der Waals surface area contributed by atoms with Crippen molar-refractivity contribution >= 4 is 0 Å². The molecule has 0 spiro atoms. The lowest BCUT2D eigenvalue weighted by atomic mass is 9.66. The van der Waals surface area contributed by atoms with Gasteiger partial charge in [-0.15, -0.1) is 0 Å². The van der Waals surface area contributed by atoms with Crippen molar-refractivity contribution in [2.45, 2.75) is 44.4 Å². The SMILES string of the molecule is CC(C)(C)c1ccc(C2(C3(C#N)CC3)COC2)cc1. The number of hydrogen-bond donors (Lipinski definition) is 0. The molecule has 0 bridgehead atoms. The molecule has 0 N–H and O–H groups in total. The van der Waals surface area contributed by atoms with E-state index >= 15 is 0 Å². The molecule has 0 radical (unpaired) electrons. The highest BCUT2D eigenvalue weighted by atomic mass is 16.5. The summed E-state index contributed by atoms with van der Waals surface area (Å²) in [6.45, 7) is 8.08. The van der Waals surface area contributed by atoms with E-state index in [0.717, 1.165) is 12.8 Å². The molecule has 1 aromatic rings. The van der Waals surface area contributed by atoms with Crippen LogP contribution in [-0.4, -0.2) is 13.2 Å².